The van der Waals surface area contributed by atoms with Crippen molar-refractivity contribution in [3.8, 4) is 11.5 Å². The summed E-state index contributed by atoms with van der Waals surface area (Å²) in [6.45, 7) is 1.51. The smallest absolute Gasteiger partial charge is 0.350 e. The quantitative estimate of drug-likeness (QED) is 0.0511. The van der Waals surface area contributed by atoms with Gasteiger partial charge >= 0.3 is 18.0 Å². The highest BCUT2D eigenvalue weighted by Gasteiger charge is 2.66. The number of anilines is 1. The van der Waals surface area contributed by atoms with Crippen LogP contribution in [0.2, 0.25) is 5.02 Å². The molecule has 2 aromatic rings. The van der Waals surface area contributed by atoms with Gasteiger partial charge in [-0.3, -0.25) is 19.3 Å². The second-order valence-electron chi connectivity index (χ2n) is 11.8. The zero-order valence-electron chi connectivity index (χ0n) is 27.1. The van der Waals surface area contributed by atoms with E-state index >= 15 is 0 Å². The fraction of sp³-hybridized carbons (Fsp3) is 0.393. The number of hydrogen-bond donors (Lipinski definition) is 8. The number of phenols is 2. The molecule has 3 saturated heterocycles. The number of hydrogen-bond acceptors (Lipinski definition) is 16. The van der Waals surface area contributed by atoms with E-state index in [1.54, 1.807) is 0 Å². The number of rotatable bonds is 13. The summed E-state index contributed by atoms with van der Waals surface area (Å²) in [7, 11) is 0. The van der Waals surface area contributed by atoms with Crippen LogP contribution in [-0.4, -0.2) is 142 Å². The van der Waals surface area contributed by atoms with Gasteiger partial charge in [-0.2, -0.15) is 5.10 Å². The minimum absolute atomic E-state index is 0.000144. The number of phenolic OH excluding ortho intramolecular Hbond substituents is 2. The molecule has 52 heavy (non-hydrogen) atoms. The maximum absolute atomic E-state index is 13.8. The average molecular weight is 783 g/mol. The molecule has 3 atom stereocenters. The van der Waals surface area contributed by atoms with E-state index in [1.807, 2.05) is 0 Å². The molecule has 278 valence electrons. The third kappa shape index (κ3) is 6.81. The van der Waals surface area contributed by atoms with E-state index in [1.165, 1.54) is 25.3 Å². The Bertz CT molecular complexity index is 1920. The summed E-state index contributed by atoms with van der Waals surface area (Å²) < 4.78 is 0. The number of hydrazone groups is 1. The van der Waals surface area contributed by atoms with Gasteiger partial charge in [-0.1, -0.05) is 28.5 Å². The molecular formula is C28H31ClN10O11S2. The first-order valence-electron chi connectivity index (χ1n) is 15.0. The van der Waals surface area contributed by atoms with Crippen LogP contribution in [0.1, 0.15) is 25.1 Å². The van der Waals surface area contributed by atoms with Gasteiger partial charge in [0.25, 0.3) is 11.8 Å². The zero-order valence-corrected chi connectivity index (χ0v) is 29.5. The van der Waals surface area contributed by atoms with Crippen molar-refractivity contribution in [2.75, 3.05) is 38.5 Å². The topological polar surface area (TPSA) is 316 Å². The van der Waals surface area contributed by atoms with Crippen molar-refractivity contribution in [1.82, 2.24) is 30.4 Å². The molecule has 5 rings (SSSR count). The highest BCUT2D eigenvalue weighted by atomic mass is 35.5. The van der Waals surface area contributed by atoms with Gasteiger partial charge in [0.1, 0.15) is 17.1 Å². The van der Waals surface area contributed by atoms with Crippen molar-refractivity contribution >= 4 is 86.9 Å². The molecule has 0 saturated carbocycles. The predicted molar refractivity (Wildman–Crippen MR) is 183 cm³/mol. The van der Waals surface area contributed by atoms with E-state index in [9.17, 15) is 49.2 Å². The summed E-state index contributed by atoms with van der Waals surface area (Å²) in [5.74, 6) is -6.74. The lowest BCUT2D eigenvalue weighted by molar-refractivity contribution is -0.161. The molecular weight excluding hydrogens is 752 g/mol. The van der Waals surface area contributed by atoms with Gasteiger partial charge in [0, 0.05) is 30.6 Å². The lowest BCUT2D eigenvalue weighted by Crippen LogP contribution is -2.68. The van der Waals surface area contributed by atoms with Crippen LogP contribution in [0.4, 0.5) is 9.93 Å². The Morgan fingerprint density at radius 3 is 2.48 bits per heavy atom. The number of nitrogens with two attached hydrogens (primary N) is 2. The van der Waals surface area contributed by atoms with Gasteiger partial charge in [-0.25, -0.2) is 24.4 Å². The fourth-order valence-electron chi connectivity index (χ4n) is 5.12. The summed E-state index contributed by atoms with van der Waals surface area (Å²) in [6.07, 6.45) is 0. The molecule has 1 unspecified atom stereocenters. The molecule has 0 bridgehead atoms. The number of aromatic nitrogens is 1. The highest BCUT2D eigenvalue weighted by molar-refractivity contribution is 8.02. The Labute approximate surface area is 306 Å². The number of β-lactam (4-membered cyclic amide) rings is 1. The largest absolute Gasteiger partial charge is 0.504 e. The van der Waals surface area contributed by atoms with E-state index in [2.05, 4.69) is 25.9 Å². The van der Waals surface area contributed by atoms with E-state index in [0.29, 0.717) is 11.8 Å². The van der Waals surface area contributed by atoms with E-state index in [4.69, 9.17) is 27.9 Å². The van der Waals surface area contributed by atoms with Gasteiger partial charge in [0.15, 0.2) is 28.1 Å². The number of halogens is 1. The second-order valence-corrected chi connectivity index (χ2v) is 14.4. The Balaban J connectivity index is 1.39. The minimum atomic E-state index is -2.06. The number of thiazole rings is 1. The molecule has 24 heteroatoms. The predicted octanol–water partition coefficient (Wildman–Crippen LogP) is -1.23. The number of nitrogens with one attached hydrogen (secondary N) is 2. The number of thioether (sulfide) groups is 1. The van der Waals surface area contributed by atoms with Gasteiger partial charge < -0.3 is 52.3 Å². The molecule has 4 heterocycles. The number of amides is 5. The summed E-state index contributed by atoms with van der Waals surface area (Å²) >= 11 is 7.86. The van der Waals surface area contributed by atoms with Crippen molar-refractivity contribution in [2.24, 2.45) is 16.0 Å². The highest BCUT2D eigenvalue weighted by Crippen LogP contribution is 2.49. The van der Waals surface area contributed by atoms with E-state index < -0.39 is 92.1 Å². The number of carbonyl (C=O) groups excluding carboxylic acids is 4. The molecule has 3 aliphatic rings. The van der Waals surface area contributed by atoms with E-state index in [-0.39, 0.29) is 42.6 Å². The monoisotopic (exact) mass is 782 g/mol. The van der Waals surface area contributed by atoms with Crippen LogP contribution in [0.25, 0.3) is 0 Å². The Hall–Kier alpha value is -5.39. The number of nitrogen functional groups attached to an aromatic ring is 1. The lowest BCUT2D eigenvalue weighted by Gasteiger charge is -2.41. The van der Waals surface area contributed by atoms with Gasteiger partial charge in [-0.15, -0.1) is 11.3 Å². The molecule has 21 nitrogen and oxygen atoms in total. The molecule has 10 N–H and O–H groups in total. The molecule has 1 aromatic carbocycles. The van der Waals surface area contributed by atoms with Gasteiger partial charge in [-0.05, 0) is 26.0 Å². The Kier molecular flexibility index (Phi) is 10.4. The van der Waals surface area contributed by atoms with Crippen LogP contribution in [-0.2, 0) is 28.8 Å². The average Bonchev–Trinajstić information content (AvgIpc) is 3.80. The molecule has 0 radical (unpaired) electrons. The lowest BCUT2D eigenvalue weighted by atomic mass is 10.1. The minimum Gasteiger partial charge on any atom is -0.504 e. The number of aromatic hydroxyl groups is 2. The number of aliphatic carboxylic acids is 2. The Morgan fingerprint density at radius 2 is 1.87 bits per heavy atom. The number of carbonyl (C=O) groups is 6. The van der Waals surface area contributed by atoms with Crippen LogP contribution >= 0.6 is 34.7 Å². The fourth-order valence-corrected chi connectivity index (χ4v) is 7.55. The summed E-state index contributed by atoms with van der Waals surface area (Å²) in [5, 5.41) is 53.4. The van der Waals surface area contributed by atoms with Crippen LogP contribution in [0, 0.1) is 0 Å². The molecule has 1 aromatic heterocycles. The summed E-state index contributed by atoms with van der Waals surface area (Å²) in [5.41, 5.74) is 8.14. The van der Waals surface area contributed by atoms with Crippen LogP contribution < -0.4 is 22.1 Å². The van der Waals surface area contributed by atoms with Crippen LogP contribution in [0.5, 0.6) is 11.5 Å². The van der Waals surface area contributed by atoms with Crippen LogP contribution in [0.3, 0.4) is 0 Å². The van der Waals surface area contributed by atoms with Crippen molar-refractivity contribution in [3.63, 3.8) is 0 Å². The number of oxime groups is 1. The maximum atomic E-state index is 13.8. The van der Waals surface area contributed by atoms with Gasteiger partial charge in [0.05, 0.1) is 18.1 Å². The van der Waals surface area contributed by atoms with Crippen molar-refractivity contribution < 1.29 is 54.0 Å². The standard InChI is InChI=1S/C28H31ClN10O11S2/c1-27(2,23(45)46)50-36-16(12-9-51-25(31)33-12)20(43)34-17-21(44)37-10-28(24(47)48,52-22(17)37)38-7-8-39(26(38)49)35-15(19(42)32-6-5-30)11-3-4-13(40)18(41)14(11)29/h3-4,9,17,22,40-41H,5-8,10,30H2,1-2H3,(H2,31,33)(H,32,42)(H,34,43)(H,45,46)(H,47,48)/b35-15-,36-16-/t17?,22-,28-/m1/s1. The third-order valence-electron chi connectivity index (χ3n) is 7.96. The van der Waals surface area contributed by atoms with Crippen molar-refractivity contribution in [1.29, 1.82) is 0 Å². The van der Waals surface area contributed by atoms with Crippen LogP contribution in [0.15, 0.2) is 27.8 Å². The maximum Gasteiger partial charge on any atom is 0.350 e. The molecule has 3 fully saturated rings. The third-order valence-corrected chi connectivity index (χ3v) is 10.7. The summed E-state index contributed by atoms with van der Waals surface area (Å²) in [4.78, 5) is 87.1. The molecule has 0 aliphatic carbocycles. The number of urea groups is 1. The first-order valence-corrected chi connectivity index (χ1v) is 17.2. The molecule has 0 spiro atoms. The van der Waals surface area contributed by atoms with Crippen molar-refractivity contribution in [2.45, 2.75) is 35.7 Å². The number of benzene rings is 1. The normalized spacial score (nSPS) is 21.9. The first kappa shape index (κ1) is 37.9. The van der Waals surface area contributed by atoms with Crippen molar-refractivity contribution in [3.05, 3.63) is 33.8 Å². The number of carboxylic acids is 2. The molecule has 5 amide bonds. The number of fused-ring (bicyclic) bond motifs is 1. The van der Waals surface area contributed by atoms with Gasteiger partial charge in [0.2, 0.25) is 16.4 Å². The summed E-state index contributed by atoms with van der Waals surface area (Å²) in [6, 6.07) is -0.0221. The number of nitrogens with zero attached hydrogens (tertiary/aromatic N) is 6. The molecule has 3 aliphatic heterocycles. The SMILES string of the molecule is CC(C)(O/N=C(\C(=O)NC1C(=O)N2C[C@@](C(=O)O)(N3CCN(/N=C(\C(=O)NCCN)c4ccc(O)c(O)c4Cl)C3=O)S[C@H]12)c1csc(N)n1)C(=O)O. The Morgan fingerprint density at radius 1 is 1.15 bits per heavy atom. The second kappa shape index (κ2) is 14.3. The first-order chi connectivity index (χ1) is 24.4. The van der Waals surface area contributed by atoms with E-state index in [0.717, 1.165) is 32.2 Å². The zero-order chi connectivity index (χ0) is 38.3. The number of carboxylic acid groups (broad SMARTS) is 2.